The van der Waals surface area contributed by atoms with E-state index >= 15 is 0 Å². The van der Waals surface area contributed by atoms with Gasteiger partial charge in [-0.25, -0.2) is 0 Å². The van der Waals surface area contributed by atoms with Gasteiger partial charge in [0.2, 0.25) is 5.91 Å². The first-order valence-corrected chi connectivity index (χ1v) is 9.61. The van der Waals surface area contributed by atoms with E-state index in [1.807, 2.05) is 44.3 Å². The normalized spacial score (nSPS) is 13.7. The summed E-state index contributed by atoms with van der Waals surface area (Å²) in [5.41, 5.74) is 4.28. The average Bonchev–Trinajstić information content (AvgIpc) is 3.26. The first kappa shape index (κ1) is 17.5. The Kier molecular flexibility index (Phi) is 4.12. The van der Waals surface area contributed by atoms with Crippen molar-refractivity contribution in [2.45, 2.75) is 39.0 Å². The van der Waals surface area contributed by atoms with Crippen molar-refractivity contribution in [1.29, 1.82) is 0 Å². The van der Waals surface area contributed by atoms with Crippen molar-refractivity contribution in [2.75, 3.05) is 5.32 Å². The van der Waals surface area contributed by atoms with Crippen molar-refractivity contribution in [2.24, 2.45) is 0 Å². The molecule has 4 aromatic rings. The van der Waals surface area contributed by atoms with E-state index in [0.29, 0.717) is 28.8 Å². The predicted molar refractivity (Wildman–Crippen MR) is 107 cm³/mol. The fourth-order valence-corrected chi connectivity index (χ4v) is 3.50. The summed E-state index contributed by atoms with van der Waals surface area (Å²) < 4.78 is 7.22. The summed E-state index contributed by atoms with van der Waals surface area (Å²) in [5.74, 6) is 1.98. The van der Waals surface area contributed by atoms with Gasteiger partial charge in [0.1, 0.15) is 5.82 Å². The quantitative estimate of drug-likeness (QED) is 0.562. The molecule has 0 aliphatic heterocycles. The third kappa shape index (κ3) is 3.49. The maximum Gasteiger partial charge on any atom is 0.261 e. The highest BCUT2D eigenvalue weighted by Crippen LogP contribution is 2.39. The second-order valence-corrected chi connectivity index (χ2v) is 7.57. The molecule has 1 aliphatic carbocycles. The molecule has 3 heterocycles. The molecule has 1 fully saturated rings. The number of benzene rings is 1. The molecule has 3 aromatic heterocycles. The minimum absolute atomic E-state index is 0.106. The topological polar surface area (TPSA) is 98.2 Å². The Morgan fingerprint density at radius 2 is 2.00 bits per heavy atom. The van der Waals surface area contributed by atoms with Gasteiger partial charge in [-0.1, -0.05) is 11.2 Å². The van der Waals surface area contributed by atoms with Gasteiger partial charge in [0.25, 0.3) is 5.89 Å². The second-order valence-electron chi connectivity index (χ2n) is 7.57. The number of carbonyl (C=O) groups excluding carboxylic acids is 1. The summed E-state index contributed by atoms with van der Waals surface area (Å²) in [6.07, 6.45) is 4.15. The third-order valence-electron chi connectivity index (χ3n) is 4.94. The molecule has 0 bridgehead atoms. The lowest BCUT2D eigenvalue weighted by Crippen LogP contribution is -2.16. The number of anilines is 1. The molecule has 1 amide bonds. The van der Waals surface area contributed by atoms with E-state index in [4.69, 9.17) is 4.52 Å². The molecular formula is C21H20N6O2. The SMILES string of the molecule is Cc1cc(C)cc(NC(=O)Cc2nnc3c(-c4nc(C5CC5)no4)cccn23)c1. The highest BCUT2D eigenvalue weighted by Gasteiger charge is 2.29. The molecule has 1 aliphatic rings. The Bertz CT molecular complexity index is 1200. The minimum atomic E-state index is -0.150. The molecular weight excluding hydrogens is 368 g/mol. The highest BCUT2D eigenvalue weighted by molar-refractivity contribution is 5.92. The Balaban J connectivity index is 1.40. The molecule has 0 atom stereocenters. The second kappa shape index (κ2) is 6.80. The highest BCUT2D eigenvalue weighted by atomic mass is 16.5. The monoisotopic (exact) mass is 388 g/mol. The zero-order chi connectivity index (χ0) is 20.0. The number of hydrogen-bond acceptors (Lipinski definition) is 6. The van der Waals surface area contributed by atoms with E-state index in [1.54, 1.807) is 4.40 Å². The molecule has 8 heteroatoms. The summed E-state index contributed by atoms with van der Waals surface area (Å²) in [6.45, 7) is 4.00. The summed E-state index contributed by atoms with van der Waals surface area (Å²) in [4.78, 5) is 17.1. The van der Waals surface area contributed by atoms with Crippen molar-refractivity contribution in [3.05, 3.63) is 59.3 Å². The minimum Gasteiger partial charge on any atom is -0.334 e. The summed E-state index contributed by atoms with van der Waals surface area (Å²) in [7, 11) is 0. The van der Waals surface area contributed by atoms with Crippen LogP contribution in [0.4, 0.5) is 5.69 Å². The molecule has 146 valence electrons. The van der Waals surface area contributed by atoms with Gasteiger partial charge in [0.05, 0.1) is 12.0 Å². The molecule has 0 saturated heterocycles. The van der Waals surface area contributed by atoms with Crippen LogP contribution in [-0.4, -0.2) is 30.6 Å². The first-order valence-electron chi connectivity index (χ1n) is 9.61. The van der Waals surface area contributed by atoms with Gasteiger partial charge < -0.3 is 9.84 Å². The van der Waals surface area contributed by atoms with Gasteiger partial charge in [-0.15, -0.1) is 10.2 Å². The van der Waals surface area contributed by atoms with E-state index in [-0.39, 0.29) is 12.3 Å². The molecule has 1 saturated carbocycles. The van der Waals surface area contributed by atoms with Gasteiger partial charge >= 0.3 is 0 Å². The van der Waals surface area contributed by atoms with Crippen molar-refractivity contribution >= 4 is 17.2 Å². The first-order chi connectivity index (χ1) is 14.1. The van der Waals surface area contributed by atoms with Gasteiger partial charge in [-0.3, -0.25) is 9.20 Å². The van der Waals surface area contributed by atoms with Crippen LogP contribution in [0.1, 0.15) is 41.5 Å². The van der Waals surface area contributed by atoms with Gasteiger partial charge in [-0.05, 0) is 62.1 Å². The average molecular weight is 388 g/mol. The molecule has 1 aromatic carbocycles. The number of hydrogen-bond donors (Lipinski definition) is 1. The summed E-state index contributed by atoms with van der Waals surface area (Å²) in [6, 6.07) is 9.68. The summed E-state index contributed by atoms with van der Waals surface area (Å²) >= 11 is 0. The van der Waals surface area contributed by atoms with E-state index < -0.39 is 0 Å². The maximum absolute atomic E-state index is 12.6. The van der Waals surface area contributed by atoms with Crippen molar-refractivity contribution in [3.8, 4) is 11.5 Å². The van der Waals surface area contributed by atoms with Crippen LogP contribution in [0.15, 0.2) is 41.1 Å². The number of amides is 1. The van der Waals surface area contributed by atoms with Gasteiger partial charge in [-0.2, -0.15) is 4.98 Å². The fraction of sp³-hybridized carbons (Fsp3) is 0.286. The van der Waals surface area contributed by atoms with Crippen molar-refractivity contribution < 1.29 is 9.32 Å². The molecule has 5 rings (SSSR count). The number of carbonyl (C=O) groups is 1. The molecule has 29 heavy (non-hydrogen) atoms. The Morgan fingerprint density at radius 1 is 1.21 bits per heavy atom. The van der Waals surface area contributed by atoms with Gasteiger partial charge in [0.15, 0.2) is 11.5 Å². The Labute approximate surface area is 167 Å². The van der Waals surface area contributed by atoms with Crippen LogP contribution in [0.5, 0.6) is 0 Å². The van der Waals surface area contributed by atoms with Crippen LogP contribution in [0.3, 0.4) is 0 Å². The zero-order valence-electron chi connectivity index (χ0n) is 16.2. The van der Waals surface area contributed by atoms with E-state index in [1.165, 1.54) is 0 Å². The fourth-order valence-electron chi connectivity index (χ4n) is 3.50. The lowest BCUT2D eigenvalue weighted by atomic mass is 10.1. The number of nitrogens with zero attached hydrogens (tertiary/aromatic N) is 5. The van der Waals surface area contributed by atoms with Crippen LogP contribution in [0.25, 0.3) is 17.1 Å². The number of rotatable bonds is 5. The number of aromatic nitrogens is 5. The molecule has 0 radical (unpaired) electrons. The van der Waals surface area contributed by atoms with E-state index in [2.05, 4.69) is 31.7 Å². The largest absolute Gasteiger partial charge is 0.334 e. The van der Waals surface area contributed by atoms with E-state index in [0.717, 1.165) is 35.5 Å². The van der Waals surface area contributed by atoms with Gasteiger partial charge in [0, 0.05) is 17.8 Å². The van der Waals surface area contributed by atoms with E-state index in [9.17, 15) is 4.79 Å². The Morgan fingerprint density at radius 3 is 2.76 bits per heavy atom. The molecule has 0 spiro atoms. The van der Waals surface area contributed by atoms with Crippen LogP contribution in [0, 0.1) is 13.8 Å². The van der Waals surface area contributed by atoms with Crippen LogP contribution in [-0.2, 0) is 11.2 Å². The number of aryl methyl sites for hydroxylation is 2. The molecule has 0 unspecified atom stereocenters. The van der Waals surface area contributed by atoms with Crippen LogP contribution in [0.2, 0.25) is 0 Å². The lowest BCUT2D eigenvalue weighted by Gasteiger charge is -2.07. The number of nitrogens with one attached hydrogen (secondary N) is 1. The smallest absolute Gasteiger partial charge is 0.261 e. The number of fused-ring (bicyclic) bond motifs is 1. The predicted octanol–water partition coefficient (Wildman–Crippen LogP) is 3.45. The Hall–Kier alpha value is -3.55. The third-order valence-corrected chi connectivity index (χ3v) is 4.94. The number of pyridine rings is 1. The molecule has 8 nitrogen and oxygen atoms in total. The van der Waals surface area contributed by atoms with Crippen molar-refractivity contribution in [3.63, 3.8) is 0 Å². The van der Waals surface area contributed by atoms with Crippen molar-refractivity contribution in [1.82, 2.24) is 24.7 Å². The lowest BCUT2D eigenvalue weighted by molar-refractivity contribution is -0.115. The summed E-state index contributed by atoms with van der Waals surface area (Å²) in [5, 5.41) is 15.5. The standard InChI is InChI=1S/C21H20N6O2/c1-12-8-13(2)10-15(9-12)22-18(28)11-17-24-25-20-16(4-3-7-27(17)20)21-23-19(26-29-21)14-5-6-14/h3-4,7-10,14H,5-6,11H2,1-2H3,(H,22,28). The molecule has 1 N–H and O–H groups in total. The maximum atomic E-state index is 12.6. The van der Waals surface area contributed by atoms with Crippen LogP contribution >= 0.6 is 0 Å². The zero-order valence-corrected chi connectivity index (χ0v) is 16.2. The van der Waals surface area contributed by atoms with Crippen LogP contribution < -0.4 is 5.32 Å².